The fraction of sp³-hybridized carbons (Fsp3) is 0.905. The van der Waals surface area contributed by atoms with Gasteiger partial charge in [0, 0.05) is 17.3 Å². The topological polar surface area (TPSA) is 199 Å². The number of allylic oxidation sites excluding steroid dienone is 3. The van der Waals surface area contributed by atoms with Gasteiger partial charge >= 0.3 is 0 Å². The van der Waals surface area contributed by atoms with Crippen LogP contribution in [0.1, 0.15) is 107 Å². The lowest BCUT2D eigenvalue weighted by Crippen LogP contribution is -2.69. The van der Waals surface area contributed by atoms with Crippen LogP contribution in [-0.2, 0) is 18.9 Å². The van der Waals surface area contributed by atoms with Crippen molar-refractivity contribution in [2.24, 2.45) is 44.3 Å². The summed E-state index contributed by atoms with van der Waals surface area (Å²) in [6.07, 6.45) is -5.49. The van der Waals surface area contributed by atoms with E-state index in [9.17, 15) is 40.9 Å². The number of hydrogen-bond acceptors (Lipinski definition) is 12. The Morgan fingerprint density at radius 1 is 0.759 bits per heavy atom. The van der Waals surface area contributed by atoms with E-state index in [1.807, 2.05) is 0 Å². The van der Waals surface area contributed by atoms with Crippen molar-refractivity contribution in [1.82, 2.24) is 0 Å². The second-order valence-corrected chi connectivity index (χ2v) is 20.6. The zero-order valence-electron chi connectivity index (χ0n) is 33.7. The summed E-state index contributed by atoms with van der Waals surface area (Å²) in [5, 5.41) is 87.5. The fourth-order valence-corrected chi connectivity index (χ4v) is 12.9. The van der Waals surface area contributed by atoms with E-state index in [0.717, 1.165) is 38.5 Å². The van der Waals surface area contributed by atoms with Crippen molar-refractivity contribution in [2.75, 3.05) is 6.61 Å². The first kappa shape index (κ1) is 41.2. The third kappa shape index (κ3) is 5.82. The van der Waals surface area contributed by atoms with Gasteiger partial charge < -0.3 is 59.8 Å². The van der Waals surface area contributed by atoms with Crippen LogP contribution >= 0.6 is 0 Å². The first-order valence-electron chi connectivity index (χ1n) is 20.4. The third-order valence-electron chi connectivity index (χ3n) is 16.8. The molecule has 5 aliphatic carbocycles. The quantitative estimate of drug-likeness (QED) is 0.191. The highest BCUT2D eigenvalue weighted by Gasteiger charge is 2.69. The molecule has 3 saturated carbocycles. The molecule has 19 unspecified atom stereocenters. The molecule has 7 rings (SSSR count). The first-order valence-corrected chi connectivity index (χ1v) is 20.4. The molecular formula is C42H68O12. The monoisotopic (exact) mass is 764 g/mol. The minimum absolute atomic E-state index is 0.0101. The number of hydrogen-bond donors (Lipinski definition) is 8. The lowest BCUT2D eigenvalue weighted by molar-refractivity contribution is -0.378. The second-order valence-electron chi connectivity index (χ2n) is 20.6. The van der Waals surface area contributed by atoms with E-state index < -0.39 is 91.1 Å². The molecule has 7 aliphatic rings. The normalized spacial score (nSPS) is 55.3. The van der Waals surface area contributed by atoms with Crippen molar-refractivity contribution in [3.63, 3.8) is 0 Å². The average molecular weight is 765 g/mol. The third-order valence-corrected chi connectivity index (χ3v) is 16.8. The Morgan fingerprint density at radius 3 is 2.11 bits per heavy atom. The van der Waals surface area contributed by atoms with Gasteiger partial charge in [-0.2, -0.15) is 0 Å². The molecule has 12 heteroatoms. The Labute approximate surface area is 320 Å². The summed E-state index contributed by atoms with van der Waals surface area (Å²) >= 11 is 0. The van der Waals surface area contributed by atoms with Crippen LogP contribution in [0.15, 0.2) is 23.3 Å². The largest absolute Gasteiger partial charge is 0.394 e. The van der Waals surface area contributed by atoms with Crippen molar-refractivity contribution in [3.8, 4) is 0 Å². The first-order chi connectivity index (χ1) is 25.0. The summed E-state index contributed by atoms with van der Waals surface area (Å²) in [5.74, 6) is 0.0716. The molecule has 0 radical (unpaired) electrons. The van der Waals surface area contributed by atoms with E-state index in [0.29, 0.717) is 0 Å². The molecule has 308 valence electrons. The minimum atomic E-state index is -1.67. The van der Waals surface area contributed by atoms with E-state index in [1.165, 1.54) is 18.1 Å². The highest BCUT2D eigenvalue weighted by molar-refractivity contribution is 5.46. The van der Waals surface area contributed by atoms with Crippen molar-refractivity contribution in [2.45, 2.75) is 187 Å². The lowest BCUT2D eigenvalue weighted by Gasteiger charge is -2.70. The van der Waals surface area contributed by atoms with Crippen molar-refractivity contribution >= 4 is 0 Å². The van der Waals surface area contributed by atoms with Crippen molar-refractivity contribution in [1.29, 1.82) is 0 Å². The maximum atomic E-state index is 12.4. The number of fused-ring (bicyclic) bond motifs is 6. The lowest BCUT2D eigenvalue weighted by atomic mass is 9.35. The highest BCUT2D eigenvalue weighted by Crippen LogP contribution is 2.74. The van der Waals surface area contributed by atoms with Gasteiger partial charge in [0.1, 0.15) is 42.7 Å². The predicted molar refractivity (Wildman–Crippen MR) is 197 cm³/mol. The molecule has 0 aromatic carbocycles. The molecule has 19 atom stereocenters. The van der Waals surface area contributed by atoms with Gasteiger partial charge in [-0.15, -0.1) is 0 Å². The molecule has 0 aromatic heterocycles. The molecule has 12 nitrogen and oxygen atoms in total. The Hall–Kier alpha value is -1.00. The number of rotatable bonds is 5. The Balaban J connectivity index is 1.19. The van der Waals surface area contributed by atoms with Crippen LogP contribution in [-0.4, -0.2) is 127 Å². The van der Waals surface area contributed by atoms with E-state index >= 15 is 0 Å². The highest BCUT2D eigenvalue weighted by atomic mass is 16.8. The van der Waals surface area contributed by atoms with Crippen LogP contribution in [0.5, 0.6) is 0 Å². The number of ether oxygens (including phenoxy) is 4. The van der Waals surface area contributed by atoms with Crippen LogP contribution in [0.25, 0.3) is 0 Å². The summed E-state index contributed by atoms with van der Waals surface area (Å²) in [5.41, 5.74) is 1.24. The van der Waals surface area contributed by atoms with Gasteiger partial charge in [0.2, 0.25) is 0 Å². The molecule has 8 N–H and O–H groups in total. The SMILES string of the molecule is CC1OC(OC2C(OC3CC(O)C4(C)C(CCC5(C)C4C=CC4=C6CC(C)(C)CC(O)C6(C)CCC45C)C3(C)C)OC(CO)C(O)C2O)C(O)C(O)C1O. The van der Waals surface area contributed by atoms with Crippen LogP contribution in [0.3, 0.4) is 0 Å². The van der Waals surface area contributed by atoms with Crippen LogP contribution in [0.2, 0.25) is 0 Å². The molecule has 2 heterocycles. The Kier molecular flexibility index (Phi) is 10.3. The summed E-state index contributed by atoms with van der Waals surface area (Å²) in [4.78, 5) is 0. The molecule has 5 fully saturated rings. The molecule has 2 aliphatic heterocycles. The van der Waals surface area contributed by atoms with Gasteiger partial charge in [-0.3, -0.25) is 0 Å². The van der Waals surface area contributed by atoms with Gasteiger partial charge in [-0.25, -0.2) is 0 Å². The standard InChI is InChI=1S/C42H68O12/c1-20-29(46)31(48)33(50)35(51-20)54-34-32(49)30(47)23(19-43)52-36(34)53-28-16-26(44)42(9)24(38(28,4)5)12-13-41(8)25(42)11-10-21-22-17-37(2,3)18-27(45)39(22,6)14-15-40(21,41)7/h10-11,20,23-36,43-50H,12-19H2,1-9H3. The van der Waals surface area contributed by atoms with Crippen molar-refractivity contribution in [3.05, 3.63) is 23.3 Å². The summed E-state index contributed by atoms with van der Waals surface area (Å²) < 4.78 is 24.4. The van der Waals surface area contributed by atoms with Crippen molar-refractivity contribution < 1.29 is 59.8 Å². The molecule has 0 amide bonds. The molecule has 0 spiro atoms. The Bertz CT molecular complexity index is 1500. The van der Waals surface area contributed by atoms with Crippen LogP contribution in [0.4, 0.5) is 0 Å². The van der Waals surface area contributed by atoms with Gasteiger partial charge in [-0.1, -0.05) is 73.1 Å². The van der Waals surface area contributed by atoms with Gasteiger partial charge in [-0.05, 0) is 84.5 Å². The van der Waals surface area contributed by atoms with Crippen LogP contribution < -0.4 is 0 Å². The number of aliphatic hydroxyl groups is 8. The smallest absolute Gasteiger partial charge is 0.187 e. The molecule has 0 aromatic rings. The predicted octanol–water partition coefficient (Wildman–Crippen LogP) is 2.71. The second kappa shape index (κ2) is 13.5. The van der Waals surface area contributed by atoms with E-state index in [1.54, 1.807) is 0 Å². The van der Waals surface area contributed by atoms with E-state index in [-0.39, 0.29) is 46.0 Å². The summed E-state index contributed by atoms with van der Waals surface area (Å²) in [7, 11) is 0. The Morgan fingerprint density at radius 2 is 1.44 bits per heavy atom. The minimum Gasteiger partial charge on any atom is -0.394 e. The molecule has 2 saturated heterocycles. The van der Waals surface area contributed by atoms with Gasteiger partial charge in [0.25, 0.3) is 0 Å². The summed E-state index contributed by atoms with van der Waals surface area (Å²) in [6, 6.07) is 0. The van der Waals surface area contributed by atoms with Gasteiger partial charge in [0.15, 0.2) is 12.6 Å². The van der Waals surface area contributed by atoms with Crippen LogP contribution in [0, 0.1) is 44.3 Å². The maximum absolute atomic E-state index is 12.4. The van der Waals surface area contributed by atoms with E-state index in [2.05, 4.69) is 67.5 Å². The number of aliphatic hydroxyl groups excluding tert-OH is 8. The summed E-state index contributed by atoms with van der Waals surface area (Å²) in [6.45, 7) is 19.1. The maximum Gasteiger partial charge on any atom is 0.187 e. The molecule has 54 heavy (non-hydrogen) atoms. The zero-order chi connectivity index (χ0) is 39.7. The van der Waals surface area contributed by atoms with Gasteiger partial charge in [0.05, 0.1) is 31.0 Å². The van der Waals surface area contributed by atoms with E-state index in [4.69, 9.17) is 18.9 Å². The fourth-order valence-electron chi connectivity index (χ4n) is 12.9. The molecule has 0 bridgehead atoms. The molecular weight excluding hydrogens is 696 g/mol. The average Bonchev–Trinajstić information content (AvgIpc) is 3.09. The zero-order valence-corrected chi connectivity index (χ0v) is 33.7.